The minimum Gasteiger partial charge on any atom is -0.352 e. The maximum absolute atomic E-state index is 8.51. The summed E-state index contributed by atoms with van der Waals surface area (Å²) in [5.74, 6) is 1.09. The van der Waals surface area contributed by atoms with Crippen molar-refractivity contribution in [1.29, 1.82) is 10.8 Å². The van der Waals surface area contributed by atoms with Crippen LogP contribution in [-0.4, -0.2) is 45.6 Å². The second kappa shape index (κ2) is 8.32. The standard InChI is InChI=1S/C20H34N4/c1-13(2)23(14(3)4)19(21)17-9-11-18(12-10-17)20(22)24(15(5)6)16(7)8/h9-16,21-22H,1-8H3. The zero-order valence-electron chi connectivity index (χ0n) is 16.5. The molecule has 24 heavy (non-hydrogen) atoms. The average Bonchev–Trinajstić information content (AvgIpc) is 2.45. The van der Waals surface area contributed by atoms with Crippen LogP contribution in [0.2, 0.25) is 0 Å². The first-order valence-electron chi connectivity index (χ1n) is 8.92. The Morgan fingerprint density at radius 2 is 0.792 bits per heavy atom. The Balaban J connectivity index is 3.04. The highest BCUT2D eigenvalue weighted by Gasteiger charge is 2.20. The van der Waals surface area contributed by atoms with Crippen LogP contribution >= 0.6 is 0 Å². The van der Waals surface area contributed by atoms with E-state index in [0.29, 0.717) is 11.7 Å². The van der Waals surface area contributed by atoms with Gasteiger partial charge in [0, 0.05) is 35.3 Å². The molecule has 0 unspecified atom stereocenters. The van der Waals surface area contributed by atoms with E-state index in [1.54, 1.807) is 0 Å². The van der Waals surface area contributed by atoms with Crippen LogP contribution in [0.15, 0.2) is 24.3 Å². The first-order valence-corrected chi connectivity index (χ1v) is 8.92. The second-order valence-electron chi connectivity index (χ2n) is 7.46. The molecule has 0 aliphatic rings. The molecule has 134 valence electrons. The third-order valence-corrected chi connectivity index (χ3v) is 4.17. The molecule has 0 heterocycles. The predicted octanol–water partition coefficient (Wildman–Crippen LogP) is 4.57. The third-order valence-electron chi connectivity index (χ3n) is 4.17. The first kappa shape index (κ1) is 20.2. The molecule has 0 amide bonds. The Morgan fingerprint density at radius 3 is 0.958 bits per heavy atom. The summed E-state index contributed by atoms with van der Waals surface area (Å²) in [4.78, 5) is 4.21. The fraction of sp³-hybridized carbons (Fsp3) is 0.600. The van der Waals surface area contributed by atoms with Gasteiger partial charge in [-0.1, -0.05) is 24.3 Å². The summed E-state index contributed by atoms with van der Waals surface area (Å²) in [6.07, 6.45) is 0. The summed E-state index contributed by atoms with van der Waals surface area (Å²) in [6, 6.07) is 8.98. The molecule has 0 aromatic heterocycles. The van der Waals surface area contributed by atoms with E-state index in [1.807, 2.05) is 24.3 Å². The smallest absolute Gasteiger partial charge is 0.128 e. The van der Waals surface area contributed by atoms with E-state index in [2.05, 4.69) is 65.2 Å². The number of hydrogen-bond donors (Lipinski definition) is 2. The van der Waals surface area contributed by atoms with Gasteiger partial charge in [-0.05, 0) is 55.4 Å². The molecule has 1 aromatic rings. The van der Waals surface area contributed by atoms with Gasteiger partial charge in [-0.3, -0.25) is 10.8 Å². The van der Waals surface area contributed by atoms with Gasteiger partial charge in [0.2, 0.25) is 0 Å². The van der Waals surface area contributed by atoms with Crippen LogP contribution in [0.25, 0.3) is 0 Å². The Bertz CT molecular complexity index is 489. The van der Waals surface area contributed by atoms with Crippen molar-refractivity contribution in [1.82, 2.24) is 9.80 Å². The third kappa shape index (κ3) is 4.59. The van der Waals surface area contributed by atoms with E-state index in [4.69, 9.17) is 10.8 Å². The monoisotopic (exact) mass is 330 g/mol. The molecule has 0 fully saturated rings. The minimum atomic E-state index is 0.285. The molecule has 0 spiro atoms. The van der Waals surface area contributed by atoms with Crippen LogP contribution in [0, 0.1) is 10.8 Å². The van der Waals surface area contributed by atoms with Crippen molar-refractivity contribution in [3.63, 3.8) is 0 Å². The van der Waals surface area contributed by atoms with Crippen LogP contribution in [0.3, 0.4) is 0 Å². The van der Waals surface area contributed by atoms with Crippen LogP contribution in [0.1, 0.15) is 66.5 Å². The second-order valence-corrected chi connectivity index (χ2v) is 7.46. The average molecular weight is 331 g/mol. The van der Waals surface area contributed by atoms with Crippen LogP contribution in [-0.2, 0) is 0 Å². The predicted molar refractivity (Wildman–Crippen MR) is 104 cm³/mol. The van der Waals surface area contributed by atoms with Crippen molar-refractivity contribution >= 4 is 11.7 Å². The van der Waals surface area contributed by atoms with E-state index in [0.717, 1.165) is 11.1 Å². The Labute approximate surface area is 147 Å². The summed E-state index contributed by atoms with van der Waals surface area (Å²) in [5.41, 5.74) is 1.80. The minimum absolute atomic E-state index is 0.285. The number of rotatable bonds is 6. The number of benzene rings is 1. The maximum Gasteiger partial charge on any atom is 0.128 e. The van der Waals surface area contributed by atoms with Gasteiger partial charge in [0.25, 0.3) is 0 Å². The summed E-state index contributed by atoms with van der Waals surface area (Å²) < 4.78 is 0. The molecule has 4 nitrogen and oxygen atoms in total. The van der Waals surface area contributed by atoms with Gasteiger partial charge in [-0.2, -0.15) is 0 Å². The van der Waals surface area contributed by atoms with Crippen LogP contribution in [0.5, 0.6) is 0 Å². The zero-order valence-corrected chi connectivity index (χ0v) is 16.5. The van der Waals surface area contributed by atoms with Gasteiger partial charge >= 0.3 is 0 Å². The first-order chi connectivity index (χ1) is 11.1. The Morgan fingerprint density at radius 1 is 0.583 bits per heavy atom. The molecule has 0 atom stereocenters. The van der Waals surface area contributed by atoms with Crippen LogP contribution in [0.4, 0.5) is 0 Å². The molecule has 0 radical (unpaired) electrons. The summed E-state index contributed by atoms with van der Waals surface area (Å²) >= 11 is 0. The fourth-order valence-corrected chi connectivity index (χ4v) is 3.31. The summed E-state index contributed by atoms with van der Waals surface area (Å²) in [6.45, 7) is 16.9. The van der Waals surface area contributed by atoms with Gasteiger partial charge < -0.3 is 9.80 Å². The van der Waals surface area contributed by atoms with Gasteiger partial charge in [0.15, 0.2) is 0 Å². The van der Waals surface area contributed by atoms with E-state index in [1.165, 1.54) is 0 Å². The largest absolute Gasteiger partial charge is 0.352 e. The van der Waals surface area contributed by atoms with Gasteiger partial charge in [-0.15, -0.1) is 0 Å². The zero-order chi connectivity index (χ0) is 18.6. The van der Waals surface area contributed by atoms with E-state index in [9.17, 15) is 0 Å². The van der Waals surface area contributed by atoms with E-state index >= 15 is 0 Å². The molecule has 1 aromatic carbocycles. The lowest BCUT2D eigenvalue weighted by Gasteiger charge is -2.34. The maximum atomic E-state index is 8.51. The Hall–Kier alpha value is -1.84. The molecule has 2 N–H and O–H groups in total. The molecular weight excluding hydrogens is 296 g/mol. The van der Waals surface area contributed by atoms with Crippen LogP contribution < -0.4 is 0 Å². The lowest BCUT2D eigenvalue weighted by Crippen LogP contribution is -2.42. The topological polar surface area (TPSA) is 54.2 Å². The van der Waals surface area contributed by atoms with E-state index < -0.39 is 0 Å². The molecule has 0 aliphatic carbocycles. The highest BCUT2D eigenvalue weighted by molar-refractivity contribution is 6.00. The number of hydrogen-bond acceptors (Lipinski definition) is 2. The fourth-order valence-electron chi connectivity index (χ4n) is 3.31. The van der Waals surface area contributed by atoms with Crippen molar-refractivity contribution in [3.8, 4) is 0 Å². The van der Waals surface area contributed by atoms with Crippen molar-refractivity contribution in [2.75, 3.05) is 0 Å². The van der Waals surface area contributed by atoms with Gasteiger partial charge in [0.1, 0.15) is 11.7 Å². The van der Waals surface area contributed by atoms with Crippen molar-refractivity contribution in [3.05, 3.63) is 35.4 Å². The van der Waals surface area contributed by atoms with Gasteiger partial charge in [-0.25, -0.2) is 0 Å². The molecular formula is C20H34N4. The normalized spacial score (nSPS) is 11.5. The highest BCUT2D eigenvalue weighted by atomic mass is 15.2. The number of nitrogens with zero attached hydrogens (tertiary/aromatic N) is 2. The van der Waals surface area contributed by atoms with Crippen molar-refractivity contribution < 1.29 is 0 Å². The SMILES string of the molecule is CC(C)N(C(=N)c1ccc(C(=N)N(C(C)C)C(C)C)cc1)C(C)C. The number of nitrogens with one attached hydrogen (secondary N) is 2. The summed E-state index contributed by atoms with van der Waals surface area (Å²) in [5, 5.41) is 17.0. The van der Waals surface area contributed by atoms with Gasteiger partial charge in [0.05, 0.1) is 0 Å². The van der Waals surface area contributed by atoms with E-state index in [-0.39, 0.29) is 24.2 Å². The molecule has 4 heteroatoms. The van der Waals surface area contributed by atoms with Crippen molar-refractivity contribution in [2.45, 2.75) is 79.6 Å². The number of amidine groups is 2. The molecule has 1 rings (SSSR count). The molecule has 0 bridgehead atoms. The Kier molecular flexibility index (Phi) is 7.00. The summed E-state index contributed by atoms with van der Waals surface area (Å²) in [7, 11) is 0. The quantitative estimate of drug-likeness (QED) is 0.593. The van der Waals surface area contributed by atoms with Crippen molar-refractivity contribution in [2.24, 2.45) is 0 Å². The lowest BCUT2D eigenvalue weighted by atomic mass is 10.1. The molecule has 0 saturated carbocycles. The highest BCUT2D eigenvalue weighted by Crippen LogP contribution is 2.16. The molecule has 0 aliphatic heterocycles. The lowest BCUT2D eigenvalue weighted by molar-refractivity contribution is 0.290. The molecule has 0 saturated heterocycles.